The van der Waals surface area contributed by atoms with Crippen molar-refractivity contribution in [1.29, 1.82) is 0 Å². The summed E-state index contributed by atoms with van der Waals surface area (Å²) >= 11 is 0. The molecule has 0 radical (unpaired) electrons. The van der Waals surface area contributed by atoms with Crippen LogP contribution in [0.4, 0.5) is 10.1 Å². The third kappa shape index (κ3) is 6.53. The zero-order valence-corrected chi connectivity index (χ0v) is 18.4. The Hall–Kier alpha value is -3.92. The van der Waals surface area contributed by atoms with Gasteiger partial charge in [-0.05, 0) is 48.5 Å². The number of carbonyl (C=O) groups excluding carboxylic acids is 2. The number of hydrogen-bond acceptors (Lipinski definition) is 6. The molecule has 172 valence electrons. The molecule has 0 aliphatic carbocycles. The highest BCUT2D eigenvalue weighted by atomic mass is 32.2. The minimum absolute atomic E-state index is 0.0468. The maximum atomic E-state index is 13.6. The van der Waals surface area contributed by atoms with E-state index in [4.69, 9.17) is 9.47 Å². The van der Waals surface area contributed by atoms with Crippen LogP contribution in [0.25, 0.3) is 0 Å². The van der Waals surface area contributed by atoms with Gasteiger partial charge in [-0.15, -0.1) is 0 Å². The second-order valence-electron chi connectivity index (χ2n) is 6.81. The van der Waals surface area contributed by atoms with Gasteiger partial charge in [-0.25, -0.2) is 17.6 Å². The van der Waals surface area contributed by atoms with E-state index in [1.807, 2.05) is 0 Å². The van der Waals surface area contributed by atoms with Crippen LogP contribution in [-0.4, -0.2) is 34.0 Å². The molecule has 0 unspecified atom stereocenters. The first kappa shape index (κ1) is 23.7. The highest BCUT2D eigenvalue weighted by molar-refractivity contribution is 7.92. The van der Waals surface area contributed by atoms with Crippen molar-refractivity contribution >= 4 is 27.6 Å². The van der Waals surface area contributed by atoms with Crippen molar-refractivity contribution in [3.8, 4) is 5.75 Å². The first-order chi connectivity index (χ1) is 15.8. The number of ether oxygens (including phenoxy) is 2. The second-order valence-corrected chi connectivity index (χ2v) is 8.49. The van der Waals surface area contributed by atoms with E-state index >= 15 is 0 Å². The summed E-state index contributed by atoms with van der Waals surface area (Å²) < 4.78 is 51.3. The third-order valence-electron chi connectivity index (χ3n) is 4.49. The van der Waals surface area contributed by atoms with Gasteiger partial charge in [0.2, 0.25) is 0 Å². The van der Waals surface area contributed by atoms with Crippen molar-refractivity contribution < 1.29 is 31.9 Å². The molecule has 3 aromatic rings. The molecule has 10 heteroatoms. The maximum absolute atomic E-state index is 13.6. The van der Waals surface area contributed by atoms with Crippen LogP contribution < -0.4 is 14.8 Å². The van der Waals surface area contributed by atoms with Gasteiger partial charge in [0.1, 0.15) is 11.6 Å². The lowest BCUT2D eigenvalue weighted by Crippen LogP contribution is -2.28. The van der Waals surface area contributed by atoms with E-state index in [1.165, 1.54) is 55.6 Å². The Labute approximate surface area is 190 Å². The molecule has 3 aromatic carbocycles. The highest BCUT2D eigenvalue weighted by Crippen LogP contribution is 2.20. The molecule has 33 heavy (non-hydrogen) atoms. The molecule has 8 nitrogen and oxygen atoms in total. The summed E-state index contributed by atoms with van der Waals surface area (Å²) in [5.41, 5.74) is 0.559. The van der Waals surface area contributed by atoms with E-state index in [1.54, 1.807) is 18.2 Å². The smallest absolute Gasteiger partial charge is 0.338 e. The molecule has 0 aliphatic rings. The molecule has 0 spiro atoms. The Kier molecular flexibility index (Phi) is 7.62. The molecule has 0 aliphatic heterocycles. The number of esters is 1. The van der Waals surface area contributed by atoms with Crippen molar-refractivity contribution in [3.63, 3.8) is 0 Å². The highest BCUT2D eigenvalue weighted by Gasteiger charge is 2.18. The van der Waals surface area contributed by atoms with Gasteiger partial charge < -0.3 is 14.8 Å². The number of hydrogen-bond donors (Lipinski definition) is 2. The summed E-state index contributed by atoms with van der Waals surface area (Å²) in [6.07, 6.45) is 0. The van der Waals surface area contributed by atoms with E-state index in [0.29, 0.717) is 17.0 Å². The average molecular weight is 472 g/mol. The van der Waals surface area contributed by atoms with E-state index in [9.17, 15) is 22.4 Å². The Morgan fingerprint density at radius 1 is 0.970 bits per heavy atom. The van der Waals surface area contributed by atoms with Gasteiger partial charge in [0.15, 0.2) is 6.61 Å². The molecular formula is C23H21FN2O6S. The molecule has 3 rings (SSSR count). The molecule has 0 saturated heterocycles. The summed E-state index contributed by atoms with van der Waals surface area (Å²) in [7, 11) is -2.48. The van der Waals surface area contributed by atoms with E-state index < -0.39 is 34.3 Å². The van der Waals surface area contributed by atoms with Gasteiger partial charge in [0, 0.05) is 17.8 Å². The van der Waals surface area contributed by atoms with Crippen molar-refractivity contribution in [3.05, 3.63) is 89.7 Å². The average Bonchev–Trinajstić information content (AvgIpc) is 2.82. The van der Waals surface area contributed by atoms with Crippen molar-refractivity contribution in [1.82, 2.24) is 5.32 Å². The van der Waals surface area contributed by atoms with Crippen LogP contribution in [0.2, 0.25) is 0 Å². The van der Waals surface area contributed by atoms with Gasteiger partial charge >= 0.3 is 5.97 Å². The SMILES string of the molecule is COc1ccc(NS(=O)(=O)c2cccc(C(=O)OCC(=O)NCc3ccccc3F)c2)cc1. The molecule has 1 amide bonds. The lowest BCUT2D eigenvalue weighted by molar-refractivity contribution is -0.124. The fraction of sp³-hybridized carbons (Fsp3) is 0.130. The molecule has 0 fully saturated rings. The van der Waals surface area contributed by atoms with Crippen molar-refractivity contribution in [2.45, 2.75) is 11.4 Å². The van der Waals surface area contributed by atoms with Crippen LogP contribution in [0.1, 0.15) is 15.9 Å². The number of sulfonamides is 1. The van der Waals surface area contributed by atoms with Gasteiger partial charge in [0.25, 0.3) is 15.9 Å². The summed E-state index contributed by atoms with van der Waals surface area (Å²) in [6, 6.07) is 17.4. The van der Waals surface area contributed by atoms with E-state index in [2.05, 4.69) is 10.0 Å². The van der Waals surface area contributed by atoms with Crippen molar-refractivity contribution in [2.75, 3.05) is 18.4 Å². The van der Waals surface area contributed by atoms with Crippen LogP contribution in [0.5, 0.6) is 5.75 Å². The minimum Gasteiger partial charge on any atom is -0.497 e. The number of methoxy groups -OCH3 is 1. The number of carbonyl (C=O) groups is 2. The second kappa shape index (κ2) is 10.6. The third-order valence-corrected chi connectivity index (χ3v) is 5.87. The van der Waals surface area contributed by atoms with Crippen LogP contribution in [0.15, 0.2) is 77.7 Å². The summed E-state index contributed by atoms with van der Waals surface area (Å²) in [4.78, 5) is 24.1. The maximum Gasteiger partial charge on any atom is 0.338 e. The zero-order chi connectivity index (χ0) is 23.8. The van der Waals surface area contributed by atoms with Gasteiger partial charge in [0.05, 0.1) is 17.6 Å². The Balaban J connectivity index is 1.59. The number of rotatable bonds is 9. The molecular weight excluding hydrogens is 451 g/mol. The van der Waals surface area contributed by atoms with Gasteiger partial charge in [-0.2, -0.15) is 0 Å². The van der Waals surface area contributed by atoms with Crippen molar-refractivity contribution in [2.24, 2.45) is 0 Å². The monoisotopic (exact) mass is 472 g/mol. The lowest BCUT2D eigenvalue weighted by atomic mass is 10.2. The molecule has 0 saturated carbocycles. The number of anilines is 1. The number of nitrogens with one attached hydrogen (secondary N) is 2. The molecule has 2 N–H and O–H groups in total. The lowest BCUT2D eigenvalue weighted by Gasteiger charge is -2.10. The fourth-order valence-electron chi connectivity index (χ4n) is 2.76. The standard InChI is InChI=1S/C23H21FN2O6S/c1-31-19-11-9-18(10-12-19)26-33(29,30)20-7-4-6-16(13-20)23(28)32-15-22(27)25-14-17-5-2-3-8-21(17)24/h2-13,26H,14-15H2,1H3,(H,25,27). The van der Waals surface area contributed by atoms with E-state index in [0.717, 1.165) is 6.07 Å². The fourth-order valence-corrected chi connectivity index (χ4v) is 3.87. The number of halogens is 1. The largest absolute Gasteiger partial charge is 0.497 e. The van der Waals surface area contributed by atoms with E-state index in [-0.39, 0.29) is 17.0 Å². The predicted octanol–water partition coefficient (Wildman–Crippen LogP) is 3.11. The molecule has 0 atom stereocenters. The Morgan fingerprint density at radius 3 is 2.39 bits per heavy atom. The molecule has 0 aromatic heterocycles. The van der Waals surface area contributed by atoms with Gasteiger partial charge in [-0.3, -0.25) is 9.52 Å². The first-order valence-electron chi connectivity index (χ1n) is 9.72. The predicted molar refractivity (Wildman–Crippen MR) is 119 cm³/mol. The number of benzene rings is 3. The van der Waals surface area contributed by atoms with Gasteiger partial charge in [-0.1, -0.05) is 24.3 Å². The normalized spacial score (nSPS) is 10.8. The Bertz CT molecular complexity index is 1250. The van der Waals surface area contributed by atoms with Crippen LogP contribution in [0.3, 0.4) is 0 Å². The molecule has 0 heterocycles. The summed E-state index contributed by atoms with van der Waals surface area (Å²) in [5.74, 6) is -1.40. The number of amides is 1. The first-order valence-corrected chi connectivity index (χ1v) is 11.2. The quantitative estimate of drug-likeness (QED) is 0.463. The minimum atomic E-state index is -3.98. The molecule has 0 bridgehead atoms. The Morgan fingerprint density at radius 2 is 1.70 bits per heavy atom. The summed E-state index contributed by atoms with van der Waals surface area (Å²) in [6.45, 7) is -0.665. The van der Waals surface area contributed by atoms with Crippen LogP contribution in [0, 0.1) is 5.82 Å². The van der Waals surface area contributed by atoms with Crippen LogP contribution >= 0.6 is 0 Å². The topological polar surface area (TPSA) is 111 Å². The van der Waals surface area contributed by atoms with Crippen LogP contribution in [-0.2, 0) is 26.1 Å². The zero-order valence-electron chi connectivity index (χ0n) is 17.6. The summed E-state index contributed by atoms with van der Waals surface area (Å²) in [5, 5.41) is 2.45.